The minimum absolute atomic E-state index is 0.425. The van der Waals surface area contributed by atoms with Gasteiger partial charge in [-0.15, -0.1) is 0 Å². The molecule has 2 N–H and O–H groups in total. The largest absolute Gasteiger partial charge is 0.502 e. The number of aliphatic hydroxyl groups is 1. The Labute approximate surface area is 123 Å². The third-order valence-electron chi connectivity index (χ3n) is 3.14. The van der Waals surface area contributed by atoms with E-state index >= 15 is 0 Å². The van der Waals surface area contributed by atoms with E-state index in [0.717, 1.165) is 24.5 Å². The van der Waals surface area contributed by atoms with Crippen LogP contribution in [0.1, 0.15) is 22.4 Å². The van der Waals surface area contributed by atoms with Gasteiger partial charge < -0.3 is 10.2 Å². The number of benzene rings is 1. The molecule has 0 unspecified atom stereocenters. The zero-order chi connectivity index (χ0) is 15.2. The molecule has 1 aromatic heterocycles. The number of hydrogen-bond acceptors (Lipinski definition) is 3. The first kappa shape index (κ1) is 14.8. The van der Waals surface area contributed by atoms with Crippen LogP contribution in [-0.2, 0) is 17.6 Å². The molecule has 4 heteroatoms. The number of hydrogen-bond donors (Lipinski definition) is 2. The van der Waals surface area contributed by atoms with Crippen LogP contribution in [0, 0.1) is 6.92 Å². The van der Waals surface area contributed by atoms with E-state index in [1.165, 1.54) is 11.1 Å². The molecular formula is C17H17NO3. The molecule has 2 rings (SSSR count). The van der Waals surface area contributed by atoms with Crippen LogP contribution in [0.3, 0.4) is 0 Å². The van der Waals surface area contributed by atoms with Crippen molar-refractivity contribution < 1.29 is 15.0 Å². The van der Waals surface area contributed by atoms with Gasteiger partial charge in [-0.2, -0.15) is 0 Å². The average Bonchev–Trinajstić information content (AvgIpc) is 2.46. The molecule has 108 valence electrons. The standard InChI is InChI=1S/C17H17NO3/c1-12-3-2-4-13(9-12)5-6-14-7-8-15(18-11-14)10-16(19)17(20)21/h2-4,7-11,19H,5-6H2,1H3,(H,20,21)/b16-10-. The summed E-state index contributed by atoms with van der Waals surface area (Å²) in [6.07, 6.45) is 4.63. The van der Waals surface area contributed by atoms with E-state index in [2.05, 4.69) is 30.1 Å². The number of carboxylic acid groups (broad SMARTS) is 1. The van der Waals surface area contributed by atoms with Gasteiger partial charge in [0.15, 0.2) is 0 Å². The van der Waals surface area contributed by atoms with Gasteiger partial charge in [0.2, 0.25) is 5.76 Å². The van der Waals surface area contributed by atoms with E-state index in [0.29, 0.717) is 5.69 Å². The van der Waals surface area contributed by atoms with Crippen molar-refractivity contribution in [2.45, 2.75) is 19.8 Å². The molecule has 21 heavy (non-hydrogen) atoms. The van der Waals surface area contributed by atoms with Crippen molar-refractivity contribution in [1.29, 1.82) is 0 Å². The first-order valence-electron chi connectivity index (χ1n) is 6.69. The molecule has 0 aliphatic rings. The van der Waals surface area contributed by atoms with Crippen molar-refractivity contribution in [3.05, 3.63) is 70.7 Å². The maximum absolute atomic E-state index is 10.5. The van der Waals surface area contributed by atoms with E-state index in [4.69, 9.17) is 10.2 Å². The first-order chi connectivity index (χ1) is 10.0. The van der Waals surface area contributed by atoms with Crippen LogP contribution in [-0.4, -0.2) is 21.2 Å². The summed E-state index contributed by atoms with van der Waals surface area (Å²) in [5.41, 5.74) is 4.02. The van der Waals surface area contributed by atoms with Crippen molar-refractivity contribution in [2.75, 3.05) is 0 Å². The minimum atomic E-state index is -1.36. The molecule has 0 aliphatic heterocycles. The highest BCUT2D eigenvalue weighted by molar-refractivity contribution is 5.88. The Morgan fingerprint density at radius 2 is 1.90 bits per heavy atom. The van der Waals surface area contributed by atoms with E-state index in [1.807, 2.05) is 12.1 Å². The maximum atomic E-state index is 10.5. The quantitative estimate of drug-likeness (QED) is 0.653. The van der Waals surface area contributed by atoms with Crippen molar-refractivity contribution in [3.8, 4) is 0 Å². The topological polar surface area (TPSA) is 70.4 Å². The number of aliphatic hydroxyl groups excluding tert-OH is 1. The van der Waals surface area contributed by atoms with E-state index in [1.54, 1.807) is 12.3 Å². The zero-order valence-corrected chi connectivity index (χ0v) is 11.8. The lowest BCUT2D eigenvalue weighted by Crippen LogP contribution is -1.99. The SMILES string of the molecule is Cc1cccc(CCc2ccc(/C=C(\O)C(=O)O)nc2)c1. The summed E-state index contributed by atoms with van der Waals surface area (Å²) in [6.45, 7) is 2.07. The van der Waals surface area contributed by atoms with Crippen molar-refractivity contribution in [2.24, 2.45) is 0 Å². The van der Waals surface area contributed by atoms with Crippen molar-refractivity contribution >= 4 is 12.0 Å². The van der Waals surface area contributed by atoms with Crippen LogP contribution in [0.15, 0.2) is 48.4 Å². The Hall–Kier alpha value is -2.62. The second kappa shape index (κ2) is 6.70. The van der Waals surface area contributed by atoms with Crippen LogP contribution in [0.25, 0.3) is 6.08 Å². The van der Waals surface area contributed by atoms with Crippen LogP contribution >= 0.6 is 0 Å². The summed E-state index contributed by atoms with van der Waals surface area (Å²) in [5, 5.41) is 17.7. The van der Waals surface area contributed by atoms with Crippen LogP contribution in [0.2, 0.25) is 0 Å². The number of nitrogens with zero attached hydrogens (tertiary/aromatic N) is 1. The monoisotopic (exact) mass is 283 g/mol. The number of aromatic nitrogens is 1. The second-order valence-electron chi connectivity index (χ2n) is 4.92. The Kier molecular flexibility index (Phi) is 4.72. The second-order valence-corrected chi connectivity index (χ2v) is 4.92. The molecule has 0 amide bonds. The fraction of sp³-hybridized carbons (Fsp3) is 0.176. The molecule has 0 radical (unpaired) electrons. The molecule has 0 aliphatic carbocycles. The predicted molar refractivity (Wildman–Crippen MR) is 81.1 cm³/mol. The molecule has 0 atom stereocenters. The summed E-state index contributed by atoms with van der Waals surface area (Å²) in [4.78, 5) is 14.6. The highest BCUT2D eigenvalue weighted by Crippen LogP contribution is 2.10. The minimum Gasteiger partial charge on any atom is -0.502 e. The van der Waals surface area contributed by atoms with Gasteiger partial charge in [-0.25, -0.2) is 4.79 Å². The number of pyridine rings is 1. The van der Waals surface area contributed by atoms with Crippen molar-refractivity contribution in [1.82, 2.24) is 4.98 Å². The van der Waals surface area contributed by atoms with Gasteiger partial charge in [0.25, 0.3) is 0 Å². The summed E-state index contributed by atoms with van der Waals surface area (Å²) < 4.78 is 0. The summed E-state index contributed by atoms with van der Waals surface area (Å²) in [5.74, 6) is -2.07. The number of carbonyl (C=O) groups is 1. The molecule has 0 saturated heterocycles. The average molecular weight is 283 g/mol. The van der Waals surface area contributed by atoms with E-state index < -0.39 is 11.7 Å². The highest BCUT2D eigenvalue weighted by Gasteiger charge is 2.04. The van der Waals surface area contributed by atoms with E-state index in [9.17, 15) is 4.79 Å². The molecule has 0 saturated carbocycles. The lowest BCUT2D eigenvalue weighted by molar-refractivity contribution is -0.135. The fourth-order valence-corrected chi connectivity index (χ4v) is 2.03. The molecule has 0 fully saturated rings. The van der Waals surface area contributed by atoms with Gasteiger partial charge in [-0.3, -0.25) is 4.98 Å². The van der Waals surface area contributed by atoms with Crippen LogP contribution in [0.5, 0.6) is 0 Å². The number of rotatable bonds is 5. The zero-order valence-electron chi connectivity index (χ0n) is 11.8. The summed E-state index contributed by atoms with van der Waals surface area (Å²) >= 11 is 0. The van der Waals surface area contributed by atoms with Crippen molar-refractivity contribution in [3.63, 3.8) is 0 Å². The van der Waals surface area contributed by atoms with Gasteiger partial charge in [0.1, 0.15) is 0 Å². The smallest absolute Gasteiger partial charge is 0.371 e. The normalized spacial score (nSPS) is 11.4. The number of aliphatic carboxylic acids is 1. The Bertz CT molecular complexity index is 660. The Morgan fingerprint density at radius 3 is 2.52 bits per heavy atom. The molecule has 0 spiro atoms. The Morgan fingerprint density at radius 1 is 1.14 bits per heavy atom. The van der Waals surface area contributed by atoms with Gasteiger partial charge in [0.05, 0.1) is 5.69 Å². The molecule has 1 aromatic carbocycles. The van der Waals surface area contributed by atoms with Crippen LogP contribution in [0.4, 0.5) is 0 Å². The lowest BCUT2D eigenvalue weighted by atomic mass is 10.0. The van der Waals surface area contributed by atoms with Gasteiger partial charge in [0, 0.05) is 12.3 Å². The maximum Gasteiger partial charge on any atom is 0.371 e. The van der Waals surface area contributed by atoms with Gasteiger partial charge >= 0.3 is 5.97 Å². The third-order valence-corrected chi connectivity index (χ3v) is 3.14. The number of aryl methyl sites for hydroxylation is 3. The summed E-state index contributed by atoms with van der Waals surface area (Å²) in [6, 6.07) is 12.0. The molecule has 1 heterocycles. The van der Waals surface area contributed by atoms with Gasteiger partial charge in [-0.05, 0) is 37.0 Å². The lowest BCUT2D eigenvalue weighted by Gasteiger charge is -2.03. The summed E-state index contributed by atoms with van der Waals surface area (Å²) in [7, 11) is 0. The highest BCUT2D eigenvalue weighted by atomic mass is 16.4. The van der Waals surface area contributed by atoms with Gasteiger partial charge in [-0.1, -0.05) is 35.9 Å². The third kappa shape index (κ3) is 4.45. The Balaban J connectivity index is 2.00. The molecule has 4 nitrogen and oxygen atoms in total. The van der Waals surface area contributed by atoms with E-state index in [-0.39, 0.29) is 0 Å². The molecule has 0 bridgehead atoms. The molecule has 2 aromatic rings. The fourth-order valence-electron chi connectivity index (χ4n) is 2.03. The number of carboxylic acids is 1. The molecular weight excluding hydrogens is 266 g/mol. The predicted octanol–water partition coefficient (Wildman–Crippen LogP) is 3.16. The first-order valence-corrected chi connectivity index (χ1v) is 6.69. The van der Waals surface area contributed by atoms with Crippen LogP contribution < -0.4 is 0 Å².